The predicted octanol–water partition coefficient (Wildman–Crippen LogP) is 1.73. The van der Waals surface area contributed by atoms with Crippen molar-refractivity contribution >= 4 is 11.9 Å². The van der Waals surface area contributed by atoms with E-state index in [9.17, 15) is 9.59 Å². The summed E-state index contributed by atoms with van der Waals surface area (Å²) in [7, 11) is 0. The number of benzene rings is 1. The van der Waals surface area contributed by atoms with Crippen molar-refractivity contribution in [1.29, 1.82) is 0 Å². The van der Waals surface area contributed by atoms with Gasteiger partial charge in [-0.15, -0.1) is 0 Å². The summed E-state index contributed by atoms with van der Waals surface area (Å²) in [6.07, 6.45) is 2.73. The molecule has 0 aliphatic carbocycles. The van der Waals surface area contributed by atoms with E-state index in [4.69, 9.17) is 14.6 Å². The Hall–Kier alpha value is -1.92. The Morgan fingerprint density at radius 2 is 1.83 bits per heavy atom. The molecule has 1 amide bonds. The Morgan fingerprint density at radius 3 is 2.50 bits per heavy atom. The molecule has 2 saturated heterocycles. The summed E-state index contributed by atoms with van der Waals surface area (Å²) < 4.78 is 11.4. The second-order valence-corrected chi connectivity index (χ2v) is 6.46. The summed E-state index contributed by atoms with van der Waals surface area (Å²) in [5.41, 5.74) is 1.01. The number of aryl methyl sites for hydroxylation is 1. The van der Waals surface area contributed by atoms with Crippen LogP contribution in [0.1, 0.15) is 35.2 Å². The Labute approximate surface area is 141 Å². The maximum Gasteiger partial charge on any atom is 0.335 e. The van der Waals surface area contributed by atoms with Crippen molar-refractivity contribution in [3.8, 4) is 0 Å². The van der Waals surface area contributed by atoms with Gasteiger partial charge in [-0.1, -0.05) is 12.1 Å². The quantitative estimate of drug-likeness (QED) is 0.908. The fourth-order valence-corrected chi connectivity index (χ4v) is 3.33. The summed E-state index contributed by atoms with van der Waals surface area (Å²) in [6.45, 7) is 3.25. The van der Waals surface area contributed by atoms with Crippen LogP contribution in [0.25, 0.3) is 0 Å². The lowest BCUT2D eigenvalue weighted by molar-refractivity contribution is -0.168. The zero-order valence-corrected chi connectivity index (χ0v) is 13.7. The Balaban J connectivity index is 1.53. The third kappa shape index (κ3) is 3.94. The van der Waals surface area contributed by atoms with E-state index in [1.54, 1.807) is 24.3 Å². The van der Waals surface area contributed by atoms with Crippen molar-refractivity contribution in [2.45, 2.75) is 31.3 Å². The number of amides is 1. The van der Waals surface area contributed by atoms with Gasteiger partial charge in [-0.3, -0.25) is 4.79 Å². The van der Waals surface area contributed by atoms with E-state index in [0.29, 0.717) is 45.8 Å². The summed E-state index contributed by atoms with van der Waals surface area (Å²) in [5, 5.41) is 8.90. The lowest BCUT2D eigenvalue weighted by Gasteiger charge is -2.44. The van der Waals surface area contributed by atoms with Crippen LogP contribution in [-0.4, -0.2) is 60.4 Å². The number of carbonyl (C=O) groups excluding carboxylic acids is 1. The first-order chi connectivity index (χ1) is 11.6. The van der Waals surface area contributed by atoms with Crippen molar-refractivity contribution in [2.24, 2.45) is 0 Å². The molecule has 24 heavy (non-hydrogen) atoms. The highest BCUT2D eigenvalue weighted by molar-refractivity contribution is 5.87. The molecular weight excluding hydrogens is 310 g/mol. The van der Waals surface area contributed by atoms with E-state index in [2.05, 4.69) is 0 Å². The van der Waals surface area contributed by atoms with Crippen LogP contribution in [0.5, 0.6) is 0 Å². The van der Waals surface area contributed by atoms with E-state index >= 15 is 0 Å². The maximum absolute atomic E-state index is 12.5. The van der Waals surface area contributed by atoms with Crippen LogP contribution < -0.4 is 0 Å². The molecule has 6 heteroatoms. The zero-order valence-electron chi connectivity index (χ0n) is 13.7. The van der Waals surface area contributed by atoms with Crippen LogP contribution in [0.3, 0.4) is 0 Å². The molecule has 1 N–H and O–H groups in total. The van der Waals surface area contributed by atoms with Gasteiger partial charge >= 0.3 is 5.97 Å². The lowest BCUT2D eigenvalue weighted by Crippen LogP contribution is -2.55. The Bertz CT molecular complexity index is 586. The summed E-state index contributed by atoms with van der Waals surface area (Å²) in [4.78, 5) is 25.3. The van der Waals surface area contributed by atoms with Gasteiger partial charge in [-0.05, 0) is 24.1 Å². The maximum atomic E-state index is 12.5. The molecule has 1 aromatic rings. The molecule has 1 spiro atoms. The minimum Gasteiger partial charge on any atom is -0.478 e. The number of nitrogens with zero attached hydrogens (tertiary/aromatic N) is 1. The molecule has 2 fully saturated rings. The molecule has 3 rings (SSSR count). The van der Waals surface area contributed by atoms with Crippen LogP contribution in [0.2, 0.25) is 0 Å². The fourth-order valence-electron chi connectivity index (χ4n) is 3.33. The topological polar surface area (TPSA) is 76.1 Å². The van der Waals surface area contributed by atoms with E-state index in [0.717, 1.165) is 18.4 Å². The lowest BCUT2D eigenvalue weighted by atomic mass is 9.92. The van der Waals surface area contributed by atoms with Crippen molar-refractivity contribution in [2.75, 3.05) is 32.9 Å². The molecule has 1 aromatic carbocycles. The third-order valence-corrected chi connectivity index (χ3v) is 4.83. The molecule has 0 unspecified atom stereocenters. The monoisotopic (exact) mass is 333 g/mol. The molecule has 0 saturated carbocycles. The molecule has 2 heterocycles. The van der Waals surface area contributed by atoms with Crippen molar-refractivity contribution in [3.05, 3.63) is 35.4 Å². The van der Waals surface area contributed by atoms with Gasteiger partial charge < -0.3 is 19.5 Å². The van der Waals surface area contributed by atoms with Gasteiger partial charge in [0.25, 0.3) is 0 Å². The fraction of sp³-hybridized carbons (Fsp3) is 0.556. The van der Waals surface area contributed by atoms with Crippen LogP contribution in [-0.2, 0) is 20.7 Å². The van der Waals surface area contributed by atoms with Gasteiger partial charge in [0.05, 0.1) is 17.8 Å². The minimum absolute atomic E-state index is 0.131. The number of carboxylic acid groups (broad SMARTS) is 1. The number of aromatic carboxylic acids is 1. The molecule has 0 atom stereocenters. The Kier molecular flexibility index (Phi) is 5.16. The number of hydrogen-bond donors (Lipinski definition) is 1. The van der Waals surface area contributed by atoms with Gasteiger partial charge in [-0.2, -0.15) is 0 Å². The van der Waals surface area contributed by atoms with Crippen molar-refractivity contribution in [3.63, 3.8) is 0 Å². The SMILES string of the molecule is O=C(O)c1ccc(CCC(=O)N2CCOC3(CCOCC3)C2)cc1. The number of carbonyl (C=O) groups is 2. The molecular formula is C18H23NO5. The average Bonchev–Trinajstić information content (AvgIpc) is 2.60. The van der Waals surface area contributed by atoms with Crippen molar-refractivity contribution < 1.29 is 24.2 Å². The summed E-state index contributed by atoms with van der Waals surface area (Å²) >= 11 is 0. The third-order valence-electron chi connectivity index (χ3n) is 4.83. The first kappa shape index (κ1) is 16.9. The first-order valence-corrected chi connectivity index (χ1v) is 8.40. The summed E-state index contributed by atoms with van der Waals surface area (Å²) in [5.74, 6) is -0.806. The normalized spacial score (nSPS) is 20.1. The van der Waals surface area contributed by atoms with Gasteiger partial charge in [-0.25, -0.2) is 4.79 Å². The molecule has 130 valence electrons. The molecule has 0 bridgehead atoms. The number of rotatable bonds is 4. The minimum atomic E-state index is -0.937. The van der Waals surface area contributed by atoms with Crippen LogP contribution in [0, 0.1) is 0 Å². The van der Waals surface area contributed by atoms with Crippen molar-refractivity contribution in [1.82, 2.24) is 4.90 Å². The molecule has 2 aliphatic rings. The van der Waals surface area contributed by atoms with E-state index < -0.39 is 5.97 Å². The van der Waals surface area contributed by atoms with E-state index in [-0.39, 0.29) is 17.1 Å². The number of carboxylic acids is 1. The highest BCUT2D eigenvalue weighted by Crippen LogP contribution is 2.29. The highest BCUT2D eigenvalue weighted by atomic mass is 16.5. The smallest absolute Gasteiger partial charge is 0.335 e. The number of ether oxygens (including phenoxy) is 2. The van der Waals surface area contributed by atoms with Gasteiger partial charge in [0, 0.05) is 45.6 Å². The van der Waals surface area contributed by atoms with Gasteiger partial charge in [0.2, 0.25) is 5.91 Å². The molecule has 0 radical (unpaired) electrons. The highest BCUT2D eigenvalue weighted by Gasteiger charge is 2.39. The van der Waals surface area contributed by atoms with E-state index in [1.165, 1.54) is 0 Å². The molecule has 2 aliphatic heterocycles. The molecule has 6 nitrogen and oxygen atoms in total. The standard InChI is InChI=1S/C18H23NO5/c20-16(6-3-14-1-4-15(5-2-14)17(21)22)19-9-12-24-18(13-19)7-10-23-11-8-18/h1-2,4-5H,3,6-13H2,(H,21,22). The second kappa shape index (κ2) is 7.32. The largest absolute Gasteiger partial charge is 0.478 e. The van der Waals surface area contributed by atoms with Crippen LogP contribution in [0.4, 0.5) is 0 Å². The second-order valence-electron chi connectivity index (χ2n) is 6.46. The van der Waals surface area contributed by atoms with Gasteiger partial charge in [0.15, 0.2) is 0 Å². The summed E-state index contributed by atoms with van der Waals surface area (Å²) in [6, 6.07) is 6.70. The number of hydrogen-bond acceptors (Lipinski definition) is 4. The average molecular weight is 333 g/mol. The van der Waals surface area contributed by atoms with Gasteiger partial charge in [0.1, 0.15) is 0 Å². The van der Waals surface area contributed by atoms with Crippen LogP contribution in [0.15, 0.2) is 24.3 Å². The van der Waals surface area contributed by atoms with E-state index in [1.807, 2.05) is 4.90 Å². The number of morpholine rings is 1. The predicted molar refractivity (Wildman–Crippen MR) is 87.0 cm³/mol. The zero-order chi connectivity index (χ0) is 17.0. The Morgan fingerprint density at radius 1 is 1.12 bits per heavy atom. The first-order valence-electron chi connectivity index (χ1n) is 8.40. The molecule has 0 aromatic heterocycles. The van der Waals surface area contributed by atoms with Crippen LogP contribution >= 0.6 is 0 Å².